The molecule has 0 aromatic carbocycles. The van der Waals surface area contributed by atoms with Crippen molar-refractivity contribution in [1.82, 2.24) is 15.1 Å². The van der Waals surface area contributed by atoms with E-state index in [-0.39, 0.29) is 5.78 Å². The van der Waals surface area contributed by atoms with Crippen LogP contribution >= 0.6 is 0 Å². The van der Waals surface area contributed by atoms with E-state index in [1.807, 2.05) is 13.8 Å². The van der Waals surface area contributed by atoms with E-state index in [0.29, 0.717) is 5.69 Å². The summed E-state index contributed by atoms with van der Waals surface area (Å²) in [5, 5.41) is 7.15. The van der Waals surface area contributed by atoms with E-state index >= 15 is 0 Å². The van der Waals surface area contributed by atoms with Crippen LogP contribution in [-0.2, 0) is 6.54 Å². The SMILES string of the molecule is CCCn1nccc1C(=O)C(C)(C)NC. The molecule has 84 valence electrons. The lowest BCUT2D eigenvalue weighted by atomic mass is 9.97. The monoisotopic (exact) mass is 209 g/mol. The second-order valence-corrected chi connectivity index (χ2v) is 4.14. The van der Waals surface area contributed by atoms with E-state index in [4.69, 9.17) is 0 Å². The lowest BCUT2D eigenvalue weighted by Crippen LogP contribution is -2.45. The Morgan fingerprint density at radius 2 is 2.27 bits per heavy atom. The molecule has 15 heavy (non-hydrogen) atoms. The van der Waals surface area contributed by atoms with Crippen LogP contribution in [0, 0.1) is 0 Å². The molecule has 1 aromatic heterocycles. The smallest absolute Gasteiger partial charge is 0.200 e. The van der Waals surface area contributed by atoms with Crippen molar-refractivity contribution in [2.24, 2.45) is 0 Å². The van der Waals surface area contributed by atoms with Gasteiger partial charge < -0.3 is 5.32 Å². The minimum absolute atomic E-state index is 0.0796. The number of likely N-dealkylation sites (N-methyl/N-ethyl adjacent to an activating group) is 1. The summed E-state index contributed by atoms with van der Waals surface area (Å²) in [6.45, 7) is 6.60. The van der Waals surface area contributed by atoms with Gasteiger partial charge in [-0.15, -0.1) is 0 Å². The number of hydrogen-bond donors (Lipinski definition) is 1. The van der Waals surface area contributed by atoms with Crippen LogP contribution in [0.2, 0.25) is 0 Å². The molecule has 0 spiro atoms. The van der Waals surface area contributed by atoms with Crippen LogP contribution in [0.25, 0.3) is 0 Å². The fourth-order valence-electron chi connectivity index (χ4n) is 1.35. The van der Waals surface area contributed by atoms with Gasteiger partial charge in [-0.25, -0.2) is 0 Å². The summed E-state index contributed by atoms with van der Waals surface area (Å²) in [6, 6.07) is 1.77. The van der Waals surface area contributed by atoms with E-state index < -0.39 is 5.54 Å². The number of ketones is 1. The van der Waals surface area contributed by atoms with E-state index in [9.17, 15) is 4.79 Å². The molecule has 1 heterocycles. The lowest BCUT2D eigenvalue weighted by Gasteiger charge is -2.22. The Balaban J connectivity index is 2.96. The molecule has 0 aliphatic rings. The highest BCUT2D eigenvalue weighted by atomic mass is 16.1. The summed E-state index contributed by atoms with van der Waals surface area (Å²) in [6.07, 6.45) is 2.65. The molecular weight excluding hydrogens is 190 g/mol. The van der Waals surface area contributed by atoms with Gasteiger partial charge in [-0.2, -0.15) is 5.10 Å². The van der Waals surface area contributed by atoms with Crippen molar-refractivity contribution in [2.45, 2.75) is 39.3 Å². The van der Waals surface area contributed by atoms with Crippen LogP contribution in [0.3, 0.4) is 0 Å². The van der Waals surface area contributed by atoms with Crippen molar-refractivity contribution in [1.29, 1.82) is 0 Å². The molecular formula is C11H19N3O. The summed E-state index contributed by atoms with van der Waals surface area (Å²) in [5.41, 5.74) is 0.141. The summed E-state index contributed by atoms with van der Waals surface area (Å²) in [4.78, 5) is 12.1. The number of hydrogen-bond acceptors (Lipinski definition) is 3. The van der Waals surface area contributed by atoms with Gasteiger partial charge in [0.1, 0.15) is 5.69 Å². The van der Waals surface area contributed by atoms with Crippen molar-refractivity contribution < 1.29 is 4.79 Å². The zero-order valence-electron chi connectivity index (χ0n) is 9.87. The predicted octanol–water partition coefficient (Wildman–Crippen LogP) is 1.47. The third kappa shape index (κ3) is 2.45. The minimum atomic E-state index is -0.536. The Bertz CT molecular complexity index is 341. The van der Waals surface area contributed by atoms with Crippen LogP contribution in [-0.4, -0.2) is 28.2 Å². The number of carbonyl (C=O) groups is 1. The zero-order valence-corrected chi connectivity index (χ0v) is 9.87. The normalized spacial score (nSPS) is 11.7. The third-order valence-corrected chi connectivity index (χ3v) is 2.58. The molecule has 0 bridgehead atoms. The van der Waals surface area contributed by atoms with Crippen molar-refractivity contribution in [3.63, 3.8) is 0 Å². The Labute approximate surface area is 90.7 Å². The molecule has 1 aromatic rings. The fourth-order valence-corrected chi connectivity index (χ4v) is 1.35. The van der Waals surface area contributed by atoms with Crippen LogP contribution in [0.4, 0.5) is 0 Å². The van der Waals surface area contributed by atoms with Crippen LogP contribution in [0.15, 0.2) is 12.3 Å². The van der Waals surface area contributed by atoms with Gasteiger partial charge in [0.05, 0.1) is 5.54 Å². The van der Waals surface area contributed by atoms with Crippen LogP contribution < -0.4 is 5.32 Å². The molecule has 0 aliphatic carbocycles. The highest BCUT2D eigenvalue weighted by molar-refractivity contribution is 6.01. The van der Waals surface area contributed by atoms with Gasteiger partial charge in [0, 0.05) is 12.7 Å². The van der Waals surface area contributed by atoms with Crippen LogP contribution in [0.1, 0.15) is 37.7 Å². The van der Waals surface area contributed by atoms with Gasteiger partial charge in [0.2, 0.25) is 0 Å². The predicted molar refractivity (Wildman–Crippen MR) is 60.0 cm³/mol. The highest BCUT2D eigenvalue weighted by Crippen LogP contribution is 2.12. The van der Waals surface area contributed by atoms with E-state index in [1.54, 1.807) is 24.0 Å². The molecule has 0 radical (unpaired) electrons. The average molecular weight is 209 g/mol. The number of Topliss-reactive ketones (excluding diaryl/α,β-unsaturated/α-hetero) is 1. The molecule has 0 aliphatic heterocycles. The summed E-state index contributed by atoms with van der Waals surface area (Å²) < 4.78 is 1.77. The molecule has 0 atom stereocenters. The maximum Gasteiger partial charge on any atom is 0.200 e. The third-order valence-electron chi connectivity index (χ3n) is 2.58. The van der Waals surface area contributed by atoms with Gasteiger partial charge in [-0.1, -0.05) is 6.92 Å². The molecule has 1 rings (SSSR count). The first-order valence-electron chi connectivity index (χ1n) is 5.28. The van der Waals surface area contributed by atoms with Crippen molar-refractivity contribution >= 4 is 5.78 Å². The van der Waals surface area contributed by atoms with E-state index in [1.165, 1.54) is 0 Å². The Hall–Kier alpha value is -1.16. The number of nitrogens with one attached hydrogen (secondary N) is 1. The molecule has 0 fully saturated rings. The number of nitrogens with zero attached hydrogens (tertiary/aromatic N) is 2. The quantitative estimate of drug-likeness (QED) is 0.747. The van der Waals surface area contributed by atoms with E-state index in [0.717, 1.165) is 13.0 Å². The Morgan fingerprint density at radius 1 is 1.60 bits per heavy atom. The standard InChI is InChI=1S/C11H19N3O/c1-5-8-14-9(6-7-13-14)10(15)11(2,3)12-4/h6-7,12H,5,8H2,1-4H3. The van der Waals surface area contributed by atoms with Gasteiger partial charge in [0.25, 0.3) is 0 Å². The maximum atomic E-state index is 12.1. The molecule has 0 amide bonds. The Morgan fingerprint density at radius 3 is 2.80 bits per heavy atom. The van der Waals surface area contributed by atoms with Crippen LogP contribution in [0.5, 0.6) is 0 Å². The number of aromatic nitrogens is 2. The number of carbonyl (C=O) groups excluding carboxylic acids is 1. The topological polar surface area (TPSA) is 46.9 Å². The molecule has 0 saturated heterocycles. The molecule has 4 heteroatoms. The molecule has 1 N–H and O–H groups in total. The Kier molecular flexibility index (Phi) is 3.63. The molecule has 4 nitrogen and oxygen atoms in total. The van der Waals surface area contributed by atoms with E-state index in [2.05, 4.69) is 17.3 Å². The maximum absolute atomic E-state index is 12.1. The van der Waals surface area contributed by atoms with Crippen molar-refractivity contribution in [3.05, 3.63) is 18.0 Å². The largest absolute Gasteiger partial charge is 0.308 e. The lowest BCUT2D eigenvalue weighted by molar-refractivity contribution is 0.0878. The number of rotatable bonds is 5. The fraction of sp³-hybridized carbons (Fsp3) is 0.636. The summed E-state index contributed by atoms with van der Waals surface area (Å²) in [7, 11) is 1.79. The zero-order chi connectivity index (χ0) is 11.5. The average Bonchev–Trinajstić information content (AvgIpc) is 2.65. The van der Waals surface area contributed by atoms with Crippen molar-refractivity contribution in [2.75, 3.05) is 7.05 Å². The first kappa shape index (κ1) is 11.9. The van der Waals surface area contributed by atoms with Gasteiger partial charge in [0.15, 0.2) is 5.78 Å². The highest BCUT2D eigenvalue weighted by Gasteiger charge is 2.28. The minimum Gasteiger partial charge on any atom is -0.308 e. The van der Waals surface area contributed by atoms with Gasteiger partial charge in [-0.3, -0.25) is 9.48 Å². The van der Waals surface area contributed by atoms with Crippen molar-refractivity contribution in [3.8, 4) is 0 Å². The van der Waals surface area contributed by atoms with Gasteiger partial charge >= 0.3 is 0 Å². The second kappa shape index (κ2) is 4.57. The second-order valence-electron chi connectivity index (χ2n) is 4.14. The number of aryl methyl sites for hydroxylation is 1. The summed E-state index contributed by atoms with van der Waals surface area (Å²) in [5.74, 6) is 0.0796. The summed E-state index contributed by atoms with van der Waals surface area (Å²) >= 11 is 0. The first-order valence-corrected chi connectivity index (χ1v) is 5.28. The molecule has 0 unspecified atom stereocenters. The first-order chi connectivity index (χ1) is 7.03. The van der Waals surface area contributed by atoms with Gasteiger partial charge in [-0.05, 0) is 33.4 Å². The molecule has 0 saturated carbocycles.